The molecule has 7 heteroatoms. The summed E-state index contributed by atoms with van der Waals surface area (Å²) in [5.41, 5.74) is 4.52. The highest BCUT2D eigenvalue weighted by molar-refractivity contribution is 7.13. The van der Waals surface area contributed by atoms with Crippen molar-refractivity contribution in [3.05, 3.63) is 93.7 Å². The Balaban J connectivity index is 1.34. The van der Waals surface area contributed by atoms with Gasteiger partial charge in [0.2, 0.25) is 5.91 Å². The first-order chi connectivity index (χ1) is 15.6. The van der Waals surface area contributed by atoms with Gasteiger partial charge in [-0.25, -0.2) is 9.67 Å². The third kappa shape index (κ3) is 5.36. The topological polar surface area (TPSA) is 76.9 Å². The van der Waals surface area contributed by atoms with Gasteiger partial charge in [0.1, 0.15) is 11.6 Å². The van der Waals surface area contributed by atoms with Gasteiger partial charge in [0.15, 0.2) is 0 Å². The molecule has 0 bridgehead atoms. The average molecular weight is 445 g/mol. The smallest absolute Gasteiger partial charge is 0.267 e. The number of nitrogens with zero attached hydrogens (tertiary/aromatic N) is 3. The van der Waals surface area contributed by atoms with Crippen LogP contribution >= 0.6 is 11.3 Å². The van der Waals surface area contributed by atoms with E-state index in [1.807, 2.05) is 60.0 Å². The van der Waals surface area contributed by atoms with Crippen LogP contribution in [-0.4, -0.2) is 27.2 Å². The van der Waals surface area contributed by atoms with E-state index >= 15 is 0 Å². The first-order valence-corrected chi connectivity index (χ1v) is 11.4. The maximum atomic E-state index is 12.4. The van der Waals surface area contributed by atoms with Gasteiger partial charge in [-0.3, -0.25) is 9.59 Å². The minimum absolute atomic E-state index is 0.119. The van der Waals surface area contributed by atoms with Crippen molar-refractivity contribution < 1.29 is 4.79 Å². The Bertz CT molecular complexity index is 1250. The third-order valence-electron chi connectivity index (χ3n) is 5.09. The minimum Gasteiger partial charge on any atom is -0.354 e. The highest BCUT2D eigenvalue weighted by Crippen LogP contribution is 2.23. The van der Waals surface area contributed by atoms with E-state index in [4.69, 9.17) is 0 Å². The Morgan fingerprint density at radius 3 is 2.53 bits per heavy atom. The maximum absolute atomic E-state index is 12.4. The summed E-state index contributed by atoms with van der Waals surface area (Å²) in [7, 11) is 0. The van der Waals surface area contributed by atoms with Crippen LogP contribution in [0.15, 0.2) is 76.9 Å². The average Bonchev–Trinajstić information content (AvgIpc) is 3.30. The first-order valence-electron chi connectivity index (χ1n) is 10.6. The summed E-state index contributed by atoms with van der Waals surface area (Å²) in [6.45, 7) is 2.43. The molecule has 0 fully saturated rings. The molecule has 4 aromatic rings. The van der Waals surface area contributed by atoms with E-state index in [2.05, 4.69) is 22.3 Å². The van der Waals surface area contributed by atoms with Gasteiger partial charge in [0, 0.05) is 35.5 Å². The van der Waals surface area contributed by atoms with Crippen molar-refractivity contribution in [2.24, 2.45) is 0 Å². The van der Waals surface area contributed by atoms with Gasteiger partial charge in [-0.05, 0) is 18.1 Å². The van der Waals surface area contributed by atoms with Crippen molar-refractivity contribution in [1.29, 1.82) is 0 Å². The van der Waals surface area contributed by atoms with Gasteiger partial charge >= 0.3 is 0 Å². The minimum atomic E-state index is -0.305. The molecule has 0 saturated heterocycles. The second-order valence-electron chi connectivity index (χ2n) is 7.37. The van der Waals surface area contributed by atoms with Gasteiger partial charge in [0.25, 0.3) is 5.56 Å². The summed E-state index contributed by atoms with van der Waals surface area (Å²) in [4.78, 5) is 29.2. The van der Waals surface area contributed by atoms with Crippen molar-refractivity contribution in [3.8, 4) is 21.8 Å². The quantitative estimate of drug-likeness (QED) is 0.446. The summed E-state index contributed by atoms with van der Waals surface area (Å²) in [6, 6.07) is 21.2. The molecule has 6 nitrogen and oxygen atoms in total. The standard InChI is InChI=1S/C25H24N4O2S/c1-2-18-8-10-19(11-9-18)22-12-13-24(31)29(28-22)16-23(30)26-15-14-21-17-32-25(27-21)20-6-4-3-5-7-20/h3-13,17H,2,14-16H2,1H3,(H,26,30). The number of benzene rings is 2. The van der Waals surface area contributed by atoms with E-state index in [1.165, 1.54) is 16.3 Å². The van der Waals surface area contributed by atoms with Crippen LogP contribution in [0.1, 0.15) is 18.2 Å². The fourth-order valence-corrected chi connectivity index (χ4v) is 4.14. The Labute approximate surface area is 190 Å². The molecule has 0 saturated carbocycles. The molecular weight excluding hydrogens is 420 g/mol. The van der Waals surface area contributed by atoms with Crippen LogP contribution in [0.5, 0.6) is 0 Å². The van der Waals surface area contributed by atoms with Crippen molar-refractivity contribution in [1.82, 2.24) is 20.1 Å². The molecule has 2 aromatic carbocycles. The van der Waals surface area contributed by atoms with Crippen molar-refractivity contribution in [2.75, 3.05) is 6.54 Å². The van der Waals surface area contributed by atoms with Gasteiger partial charge in [-0.15, -0.1) is 11.3 Å². The van der Waals surface area contributed by atoms with Crippen molar-refractivity contribution in [2.45, 2.75) is 26.3 Å². The van der Waals surface area contributed by atoms with E-state index in [1.54, 1.807) is 17.4 Å². The summed E-state index contributed by atoms with van der Waals surface area (Å²) in [5.74, 6) is -0.253. The van der Waals surface area contributed by atoms with E-state index in [-0.39, 0.29) is 18.0 Å². The van der Waals surface area contributed by atoms with Crippen LogP contribution in [0.3, 0.4) is 0 Å². The predicted octanol–water partition coefficient (Wildman–Crippen LogP) is 3.96. The summed E-state index contributed by atoms with van der Waals surface area (Å²) in [6.07, 6.45) is 1.59. The number of carbonyl (C=O) groups excluding carboxylic acids is 1. The summed E-state index contributed by atoms with van der Waals surface area (Å²) < 4.78 is 1.20. The number of aryl methyl sites for hydroxylation is 1. The van der Waals surface area contributed by atoms with Gasteiger partial charge in [-0.2, -0.15) is 5.10 Å². The van der Waals surface area contributed by atoms with Crippen LogP contribution in [0.2, 0.25) is 0 Å². The molecule has 0 unspecified atom stereocenters. The molecule has 162 valence electrons. The van der Waals surface area contributed by atoms with E-state index in [0.29, 0.717) is 18.7 Å². The fourth-order valence-electron chi connectivity index (χ4n) is 3.28. The molecule has 2 aromatic heterocycles. The lowest BCUT2D eigenvalue weighted by Crippen LogP contribution is -2.34. The van der Waals surface area contributed by atoms with Gasteiger partial charge in [0.05, 0.1) is 11.4 Å². The molecule has 4 rings (SSSR count). The lowest BCUT2D eigenvalue weighted by Gasteiger charge is -2.08. The zero-order chi connectivity index (χ0) is 22.3. The largest absolute Gasteiger partial charge is 0.354 e. The van der Waals surface area contributed by atoms with Gasteiger partial charge < -0.3 is 5.32 Å². The molecule has 32 heavy (non-hydrogen) atoms. The van der Waals surface area contributed by atoms with Gasteiger partial charge in [-0.1, -0.05) is 61.5 Å². The number of carbonyl (C=O) groups is 1. The van der Waals surface area contributed by atoms with Crippen molar-refractivity contribution >= 4 is 17.2 Å². The molecule has 2 heterocycles. The molecule has 0 aliphatic rings. The number of thiazole rings is 1. The molecule has 1 N–H and O–H groups in total. The maximum Gasteiger partial charge on any atom is 0.267 e. The monoisotopic (exact) mass is 444 g/mol. The molecule has 1 amide bonds. The SMILES string of the molecule is CCc1ccc(-c2ccc(=O)n(CC(=O)NCCc3csc(-c4ccccc4)n3)n2)cc1. The first kappa shape index (κ1) is 21.6. The molecule has 0 atom stereocenters. The Kier molecular flexibility index (Phi) is 6.87. The second kappa shape index (κ2) is 10.2. The number of aromatic nitrogens is 3. The molecular formula is C25H24N4O2S. The number of hydrogen-bond donors (Lipinski definition) is 1. The normalized spacial score (nSPS) is 10.8. The number of rotatable bonds is 8. The van der Waals surface area contributed by atoms with Crippen LogP contribution in [-0.2, 0) is 24.2 Å². The van der Waals surface area contributed by atoms with Crippen LogP contribution in [0, 0.1) is 0 Å². The highest BCUT2D eigenvalue weighted by atomic mass is 32.1. The lowest BCUT2D eigenvalue weighted by atomic mass is 10.1. The third-order valence-corrected chi connectivity index (χ3v) is 6.03. The zero-order valence-corrected chi connectivity index (χ0v) is 18.6. The number of amides is 1. The predicted molar refractivity (Wildman–Crippen MR) is 128 cm³/mol. The molecule has 0 spiro atoms. The fraction of sp³-hybridized carbons (Fsp3) is 0.200. The Hall–Kier alpha value is -3.58. The van der Waals surface area contributed by atoms with Crippen LogP contribution in [0.25, 0.3) is 21.8 Å². The number of hydrogen-bond acceptors (Lipinski definition) is 5. The zero-order valence-electron chi connectivity index (χ0n) is 17.8. The molecule has 0 aliphatic heterocycles. The summed E-state index contributed by atoms with van der Waals surface area (Å²) >= 11 is 1.59. The second-order valence-corrected chi connectivity index (χ2v) is 8.23. The Morgan fingerprint density at radius 1 is 1.00 bits per heavy atom. The number of nitrogens with one attached hydrogen (secondary N) is 1. The van der Waals surface area contributed by atoms with E-state index < -0.39 is 0 Å². The Morgan fingerprint density at radius 2 is 1.78 bits per heavy atom. The van der Waals surface area contributed by atoms with E-state index in [0.717, 1.165) is 28.2 Å². The lowest BCUT2D eigenvalue weighted by molar-refractivity contribution is -0.121. The summed E-state index contributed by atoms with van der Waals surface area (Å²) in [5, 5.41) is 10.2. The van der Waals surface area contributed by atoms with Crippen molar-refractivity contribution in [3.63, 3.8) is 0 Å². The molecule has 0 aliphatic carbocycles. The van der Waals surface area contributed by atoms with Crippen LogP contribution < -0.4 is 10.9 Å². The molecule has 0 radical (unpaired) electrons. The van der Waals surface area contributed by atoms with E-state index in [9.17, 15) is 9.59 Å². The highest BCUT2D eigenvalue weighted by Gasteiger charge is 2.09. The van der Waals surface area contributed by atoms with Crippen LogP contribution in [0.4, 0.5) is 0 Å².